The van der Waals surface area contributed by atoms with Gasteiger partial charge in [0.15, 0.2) is 11.5 Å². The molecule has 2 aromatic carbocycles. The summed E-state index contributed by atoms with van der Waals surface area (Å²) in [6.45, 7) is 1.87. The van der Waals surface area contributed by atoms with E-state index in [1.54, 1.807) is 38.5 Å². The van der Waals surface area contributed by atoms with Crippen molar-refractivity contribution >= 4 is 29.0 Å². The molecule has 0 aliphatic carbocycles. The van der Waals surface area contributed by atoms with Gasteiger partial charge in [-0.25, -0.2) is 0 Å². The van der Waals surface area contributed by atoms with E-state index in [4.69, 9.17) is 21.1 Å². The molecule has 2 aliphatic rings. The van der Waals surface area contributed by atoms with E-state index in [-0.39, 0.29) is 11.8 Å². The number of carbonyl (C=O) groups excluding carboxylic acids is 2. The molecule has 1 fully saturated rings. The summed E-state index contributed by atoms with van der Waals surface area (Å²) in [4.78, 5) is 30.1. The molecule has 0 N–H and O–H groups in total. The average molecular weight is 441 g/mol. The van der Waals surface area contributed by atoms with Crippen LogP contribution in [0.5, 0.6) is 11.5 Å². The standard InChI is InChI=1S/C24H25ClN2O4/c1-30-19-10-5-16(15-20(19)31-2)11-14-27-23(28)21(17-6-8-18(25)9-7-17)22(24(27)29)26-12-3-4-13-26/h5-10,15H,3-4,11-14H2,1-2H3. The van der Waals surface area contributed by atoms with Crippen LogP contribution in [0.2, 0.25) is 5.02 Å². The maximum Gasteiger partial charge on any atom is 0.277 e. The van der Waals surface area contributed by atoms with E-state index in [2.05, 4.69) is 0 Å². The molecule has 0 bridgehead atoms. The van der Waals surface area contributed by atoms with Crippen LogP contribution in [0.25, 0.3) is 5.57 Å². The molecule has 0 spiro atoms. The summed E-state index contributed by atoms with van der Waals surface area (Å²) in [6.07, 6.45) is 2.56. The summed E-state index contributed by atoms with van der Waals surface area (Å²) in [5, 5.41) is 0.592. The molecule has 1 saturated heterocycles. The van der Waals surface area contributed by atoms with E-state index in [1.807, 2.05) is 23.1 Å². The molecule has 0 saturated carbocycles. The van der Waals surface area contributed by atoms with Gasteiger partial charge in [0.05, 0.1) is 19.8 Å². The number of ether oxygens (including phenoxy) is 2. The Kier molecular flexibility index (Phi) is 6.18. The van der Waals surface area contributed by atoms with E-state index in [0.717, 1.165) is 37.1 Å². The lowest BCUT2D eigenvalue weighted by Crippen LogP contribution is -2.36. The van der Waals surface area contributed by atoms with Crippen molar-refractivity contribution < 1.29 is 19.1 Å². The third-order valence-corrected chi connectivity index (χ3v) is 6.02. The molecule has 0 unspecified atom stereocenters. The lowest BCUT2D eigenvalue weighted by Gasteiger charge is -2.20. The number of hydrogen-bond acceptors (Lipinski definition) is 5. The zero-order valence-corrected chi connectivity index (χ0v) is 18.4. The lowest BCUT2D eigenvalue weighted by molar-refractivity contribution is -0.137. The number of nitrogens with zero attached hydrogens (tertiary/aromatic N) is 2. The monoisotopic (exact) mass is 440 g/mol. The van der Waals surface area contributed by atoms with Crippen LogP contribution in [0.3, 0.4) is 0 Å². The third-order valence-electron chi connectivity index (χ3n) is 5.77. The number of carbonyl (C=O) groups is 2. The number of rotatable bonds is 7. The van der Waals surface area contributed by atoms with E-state index in [0.29, 0.717) is 40.8 Å². The number of halogens is 1. The van der Waals surface area contributed by atoms with Crippen LogP contribution in [-0.2, 0) is 16.0 Å². The molecule has 2 heterocycles. The Balaban J connectivity index is 1.60. The predicted molar refractivity (Wildman–Crippen MR) is 119 cm³/mol. The maximum absolute atomic E-state index is 13.4. The van der Waals surface area contributed by atoms with E-state index < -0.39 is 0 Å². The van der Waals surface area contributed by atoms with Crippen molar-refractivity contribution in [1.82, 2.24) is 9.80 Å². The van der Waals surface area contributed by atoms with Gasteiger partial charge in [-0.2, -0.15) is 0 Å². The topological polar surface area (TPSA) is 59.1 Å². The Labute approximate surface area is 187 Å². The van der Waals surface area contributed by atoms with E-state index >= 15 is 0 Å². The molecule has 0 aromatic heterocycles. The first-order valence-electron chi connectivity index (χ1n) is 10.4. The van der Waals surface area contributed by atoms with Crippen molar-refractivity contribution in [3.05, 3.63) is 64.3 Å². The molecule has 31 heavy (non-hydrogen) atoms. The first-order chi connectivity index (χ1) is 15.0. The van der Waals surface area contributed by atoms with Crippen molar-refractivity contribution in [2.24, 2.45) is 0 Å². The second kappa shape index (κ2) is 9.02. The molecule has 7 heteroatoms. The van der Waals surface area contributed by atoms with Gasteiger partial charge in [0.25, 0.3) is 11.8 Å². The molecular weight excluding hydrogens is 416 g/mol. The van der Waals surface area contributed by atoms with Gasteiger partial charge in [0.2, 0.25) is 0 Å². The average Bonchev–Trinajstić information content (AvgIpc) is 3.39. The van der Waals surface area contributed by atoms with Gasteiger partial charge in [0.1, 0.15) is 5.70 Å². The fourth-order valence-electron chi connectivity index (χ4n) is 4.15. The van der Waals surface area contributed by atoms with Crippen LogP contribution < -0.4 is 9.47 Å². The molecule has 2 aliphatic heterocycles. The van der Waals surface area contributed by atoms with Gasteiger partial charge in [0, 0.05) is 24.7 Å². The highest BCUT2D eigenvalue weighted by molar-refractivity contribution is 6.36. The second-order valence-corrected chi connectivity index (χ2v) is 8.06. The summed E-state index contributed by atoms with van der Waals surface area (Å²) >= 11 is 6.03. The van der Waals surface area contributed by atoms with Crippen LogP contribution in [-0.4, -0.2) is 55.5 Å². The minimum Gasteiger partial charge on any atom is -0.493 e. The number of amides is 2. The Morgan fingerprint density at radius 1 is 0.903 bits per heavy atom. The molecular formula is C24H25ClN2O4. The number of benzene rings is 2. The van der Waals surface area contributed by atoms with Crippen LogP contribution in [0, 0.1) is 0 Å². The van der Waals surface area contributed by atoms with E-state index in [9.17, 15) is 9.59 Å². The lowest BCUT2D eigenvalue weighted by atomic mass is 10.0. The number of likely N-dealkylation sites (tertiary alicyclic amines) is 1. The van der Waals surface area contributed by atoms with Gasteiger partial charge in [-0.05, 0) is 54.7 Å². The molecule has 0 radical (unpaired) electrons. The van der Waals surface area contributed by atoms with Crippen LogP contribution in [0.15, 0.2) is 48.2 Å². The number of imide groups is 1. The van der Waals surface area contributed by atoms with Crippen LogP contribution >= 0.6 is 11.6 Å². The van der Waals surface area contributed by atoms with Crippen molar-refractivity contribution in [2.45, 2.75) is 19.3 Å². The highest BCUT2D eigenvalue weighted by Crippen LogP contribution is 2.34. The summed E-state index contributed by atoms with van der Waals surface area (Å²) in [7, 11) is 3.17. The molecule has 0 atom stereocenters. The minimum absolute atomic E-state index is 0.225. The molecule has 4 rings (SSSR count). The van der Waals surface area contributed by atoms with Gasteiger partial charge >= 0.3 is 0 Å². The summed E-state index contributed by atoms with van der Waals surface area (Å²) in [5.41, 5.74) is 2.66. The fourth-order valence-corrected chi connectivity index (χ4v) is 4.28. The summed E-state index contributed by atoms with van der Waals surface area (Å²) < 4.78 is 10.6. The summed E-state index contributed by atoms with van der Waals surface area (Å²) in [5.74, 6) is 0.784. The highest BCUT2D eigenvalue weighted by Gasteiger charge is 2.41. The van der Waals surface area contributed by atoms with Gasteiger partial charge < -0.3 is 14.4 Å². The third kappa shape index (κ3) is 4.12. The van der Waals surface area contributed by atoms with Crippen molar-refractivity contribution in [3.8, 4) is 11.5 Å². The van der Waals surface area contributed by atoms with Gasteiger partial charge in [-0.3, -0.25) is 14.5 Å². The molecule has 2 amide bonds. The number of methoxy groups -OCH3 is 2. The zero-order valence-electron chi connectivity index (χ0n) is 17.7. The molecule has 162 valence electrons. The van der Waals surface area contributed by atoms with Gasteiger partial charge in [-0.1, -0.05) is 29.8 Å². The van der Waals surface area contributed by atoms with E-state index in [1.165, 1.54) is 4.90 Å². The first kappa shape index (κ1) is 21.2. The zero-order chi connectivity index (χ0) is 22.0. The fraction of sp³-hybridized carbons (Fsp3) is 0.333. The number of hydrogen-bond donors (Lipinski definition) is 0. The SMILES string of the molecule is COc1ccc(CCN2C(=O)C(c3ccc(Cl)cc3)=C(N3CCCC3)C2=O)cc1OC. The molecule has 6 nitrogen and oxygen atoms in total. The minimum atomic E-state index is -0.255. The summed E-state index contributed by atoms with van der Waals surface area (Å²) in [6, 6.07) is 12.7. The Hall–Kier alpha value is -2.99. The van der Waals surface area contributed by atoms with Crippen molar-refractivity contribution in [1.29, 1.82) is 0 Å². The largest absolute Gasteiger partial charge is 0.493 e. The van der Waals surface area contributed by atoms with Crippen molar-refractivity contribution in [3.63, 3.8) is 0 Å². The Morgan fingerprint density at radius 2 is 1.58 bits per heavy atom. The smallest absolute Gasteiger partial charge is 0.277 e. The van der Waals surface area contributed by atoms with Crippen LogP contribution in [0.1, 0.15) is 24.0 Å². The normalized spacial score (nSPS) is 16.5. The van der Waals surface area contributed by atoms with Crippen LogP contribution in [0.4, 0.5) is 0 Å². The second-order valence-electron chi connectivity index (χ2n) is 7.63. The molecule has 2 aromatic rings. The Bertz CT molecular complexity index is 1030. The predicted octanol–water partition coefficient (Wildman–Crippen LogP) is 3.78. The maximum atomic E-state index is 13.4. The van der Waals surface area contributed by atoms with Crippen molar-refractivity contribution in [2.75, 3.05) is 33.9 Å². The first-order valence-corrected chi connectivity index (χ1v) is 10.7. The Morgan fingerprint density at radius 3 is 2.23 bits per heavy atom. The highest BCUT2D eigenvalue weighted by atomic mass is 35.5. The van der Waals surface area contributed by atoms with Gasteiger partial charge in [-0.15, -0.1) is 0 Å². The quantitative estimate of drug-likeness (QED) is 0.613.